The Labute approximate surface area is 97.3 Å². The smallest absolute Gasteiger partial charge is 0.410 e. The highest BCUT2D eigenvalue weighted by Gasteiger charge is 2.56. The Balaban J connectivity index is 1.92. The molecule has 1 saturated carbocycles. The highest BCUT2D eigenvalue weighted by Crippen LogP contribution is 2.51. The third kappa shape index (κ3) is 2.03. The number of rotatable bonds is 2. The molecule has 0 spiro atoms. The Kier molecular flexibility index (Phi) is 2.65. The van der Waals surface area contributed by atoms with Crippen LogP contribution in [0.5, 0.6) is 0 Å². The zero-order valence-electron chi connectivity index (χ0n) is 10.7. The molecule has 4 heteroatoms. The fourth-order valence-electron chi connectivity index (χ4n) is 2.89. The lowest BCUT2D eigenvalue weighted by Crippen LogP contribution is -2.42. The van der Waals surface area contributed by atoms with Gasteiger partial charge in [0, 0.05) is 24.5 Å². The van der Waals surface area contributed by atoms with Crippen LogP contribution in [0.3, 0.4) is 0 Å². The molecule has 0 unspecified atom stereocenters. The van der Waals surface area contributed by atoms with E-state index in [0.717, 1.165) is 25.9 Å². The van der Waals surface area contributed by atoms with Gasteiger partial charge in [0.2, 0.25) is 0 Å². The largest absolute Gasteiger partial charge is 0.444 e. The molecule has 2 aliphatic heterocycles. The van der Waals surface area contributed by atoms with Crippen molar-refractivity contribution in [3.8, 4) is 0 Å². The highest BCUT2D eigenvalue weighted by molar-refractivity contribution is 5.70. The van der Waals surface area contributed by atoms with Crippen molar-refractivity contribution in [3.63, 3.8) is 0 Å². The van der Waals surface area contributed by atoms with Crippen molar-refractivity contribution in [1.29, 1.82) is 0 Å². The lowest BCUT2D eigenvalue weighted by Gasteiger charge is -2.36. The Bertz CT molecular complexity index is 290. The summed E-state index contributed by atoms with van der Waals surface area (Å²) in [6.07, 6.45) is 2.12. The molecule has 1 N–H and O–H groups in total. The predicted octanol–water partition coefficient (Wildman–Crippen LogP) is 1.61. The quantitative estimate of drug-likeness (QED) is 0.777. The molecule has 2 heterocycles. The van der Waals surface area contributed by atoms with Crippen LogP contribution in [-0.4, -0.2) is 42.8 Å². The monoisotopic (exact) mass is 226 g/mol. The Morgan fingerprint density at radius 1 is 1.50 bits per heavy atom. The lowest BCUT2D eigenvalue weighted by molar-refractivity contribution is 0.0244. The van der Waals surface area contributed by atoms with E-state index in [2.05, 4.69) is 5.32 Å². The summed E-state index contributed by atoms with van der Waals surface area (Å²) in [6, 6.07) is 0.420. The summed E-state index contributed by atoms with van der Waals surface area (Å²) >= 11 is 0. The second-order valence-electron chi connectivity index (χ2n) is 6.20. The van der Waals surface area contributed by atoms with Gasteiger partial charge in [-0.25, -0.2) is 4.79 Å². The van der Waals surface area contributed by atoms with Crippen LogP contribution >= 0.6 is 0 Å². The molecule has 3 fully saturated rings. The Morgan fingerprint density at radius 3 is 2.62 bits per heavy atom. The molecule has 2 saturated heterocycles. The molecule has 16 heavy (non-hydrogen) atoms. The normalized spacial score (nSPS) is 32.5. The lowest BCUT2D eigenvalue weighted by atomic mass is 9.70. The van der Waals surface area contributed by atoms with Gasteiger partial charge in [-0.15, -0.1) is 0 Å². The molecule has 1 amide bonds. The van der Waals surface area contributed by atoms with E-state index in [4.69, 9.17) is 4.74 Å². The number of amides is 1. The van der Waals surface area contributed by atoms with Crippen LogP contribution < -0.4 is 5.32 Å². The van der Waals surface area contributed by atoms with Gasteiger partial charge < -0.3 is 15.0 Å². The first-order chi connectivity index (χ1) is 7.35. The number of carbonyl (C=O) groups is 1. The standard InChI is InChI=1S/C12H22N2O2/c1-11(2,3)16-10(15)14-8-12(7-13-4)5-9(14)6-12/h9,13H,5-8H2,1-4H3. The van der Waals surface area contributed by atoms with Crippen LogP contribution in [0, 0.1) is 5.41 Å². The molecule has 4 nitrogen and oxygen atoms in total. The molecule has 2 bridgehead atoms. The third-order valence-corrected chi connectivity index (χ3v) is 3.46. The van der Waals surface area contributed by atoms with Gasteiger partial charge >= 0.3 is 6.09 Å². The number of hydrogen-bond acceptors (Lipinski definition) is 3. The van der Waals surface area contributed by atoms with Crippen LogP contribution in [0.2, 0.25) is 0 Å². The van der Waals surface area contributed by atoms with E-state index in [1.165, 1.54) is 0 Å². The topological polar surface area (TPSA) is 41.6 Å². The van der Waals surface area contributed by atoms with Gasteiger partial charge in [-0.3, -0.25) is 0 Å². The maximum absolute atomic E-state index is 11.9. The average molecular weight is 226 g/mol. The van der Waals surface area contributed by atoms with Crippen molar-refractivity contribution in [2.75, 3.05) is 20.1 Å². The summed E-state index contributed by atoms with van der Waals surface area (Å²) in [6.45, 7) is 7.59. The number of carbonyl (C=O) groups excluding carboxylic acids is 1. The number of nitrogens with one attached hydrogen (secondary N) is 1. The van der Waals surface area contributed by atoms with E-state index in [9.17, 15) is 4.79 Å². The molecule has 3 aliphatic rings. The minimum Gasteiger partial charge on any atom is -0.444 e. The first-order valence-corrected chi connectivity index (χ1v) is 5.99. The summed E-state index contributed by atoms with van der Waals surface area (Å²) < 4.78 is 5.41. The third-order valence-electron chi connectivity index (χ3n) is 3.46. The second kappa shape index (κ2) is 3.62. The molecule has 0 radical (unpaired) electrons. The van der Waals surface area contributed by atoms with Gasteiger partial charge in [0.05, 0.1) is 0 Å². The van der Waals surface area contributed by atoms with Crippen molar-refractivity contribution in [2.45, 2.75) is 45.3 Å². The summed E-state index contributed by atoms with van der Waals surface area (Å²) in [4.78, 5) is 13.8. The van der Waals surface area contributed by atoms with Crippen LogP contribution in [0.15, 0.2) is 0 Å². The van der Waals surface area contributed by atoms with Crippen LogP contribution in [0.1, 0.15) is 33.6 Å². The van der Waals surface area contributed by atoms with Crippen molar-refractivity contribution in [1.82, 2.24) is 10.2 Å². The van der Waals surface area contributed by atoms with Gasteiger partial charge in [-0.2, -0.15) is 0 Å². The first kappa shape index (κ1) is 11.7. The van der Waals surface area contributed by atoms with E-state index in [1.807, 2.05) is 32.7 Å². The minimum atomic E-state index is -0.389. The summed E-state index contributed by atoms with van der Waals surface area (Å²) in [7, 11) is 1.97. The number of nitrogens with zero attached hydrogens (tertiary/aromatic N) is 1. The van der Waals surface area contributed by atoms with Gasteiger partial charge in [0.1, 0.15) is 5.60 Å². The summed E-state index contributed by atoms with van der Waals surface area (Å²) in [5, 5.41) is 3.22. The number of hydrogen-bond donors (Lipinski definition) is 1. The van der Waals surface area contributed by atoms with Gasteiger partial charge in [0.15, 0.2) is 0 Å². The van der Waals surface area contributed by atoms with Crippen molar-refractivity contribution < 1.29 is 9.53 Å². The van der Waals surface area contributed by atoms with Crippen LogP contribution in [0.25, 0.3) is 0 Å². The Hall–Kier alpha value is -0.770. The van der Waals surface area contributed by atoms with E-state index in [0.29, 0.717) is 11.5 Å². The molecule has 0 atom stereocenters. The van der Waals surface area contributed by atoms with Crippen molar-refractivity contribution >= 4 is 6.09 Å². The molecule has 0 aromatic heterocycles. The number of ether oxygens (including phenoxy) is 1. The van der Waals surface area contributed by atoms with E-state index < -0.39 is 0 Å². The summed E-state index contributed by atoms with van der Waals surface area (Å²) in [5.41, 5.74) is -0.0590. The SMILES string of the molecule is CNCC12CC(C1)N(C(=O)OC(C)(C)C)C2. The maximum Gasteiger partial charge on any atom is 0.410 e. The molecule has 3 rings (SSSR count). The zero-order chi connectivity index (χ0) is 12.0. The molecule has 0 aromatic carbocycles. The van der Waals surface area contributed by atoms with Gasteiger partial charge in [-0.1, -0.05) is 0 Å². The molecule has 0 aromatic rings. The minimum absolute atomic E-state index is 0.145. The first-order valence-electron chi connectivity index (χ1n) is 5.99. The highest BCUT2D eigenvalue weighted by atomic mass is 16.6. The van der Waals surface area contributed by atoms with Crippen molar-refractivity contribution in [2.24, 2.45) is 5.41 Å². The second-order valence-corrected chi connectivity index (χ2v) is 6.20. The van der Waals surface area contributed by atoms with Gasteiger partial charge in [-0.05, 0) is 40.7 Å². The van der Waals surface area contributed by atoms with Crippen LogP contribution in [-0.2, 0) is 4.74 Å². The summed E-state index contributed by atoms with van der Waals surface area (Å²) in [5.74, 6) is 0. The Morgan fingerprint density at radius 2 is 2.12 bits per heavy atom. The molecular formula is C12H22N2O2. The zero-order valence-corrected chi connectivity index (χ0v) is 10.7. The fraction of sp³-hybridized carbons (Fsp3) is 0.917. The average Bonchev–Trinajstić information content (AvgIpc) is 2.55. The molecule has 92 valence electrons. The molecule has 1 aliphatic carbocycles. The van der Waals surface area contributed by atoms with Gasteiger partial charge in [0.25, 0.3) is 0 Å². The molecular weight excluding hydrogens is 204 g/mol. The fourth-order valence-corrected chi connectivity index (χ4v) is 2.89. The number of fused-ring (bicyclic) bond motifs is 1. The van der Waals surface area contributed by atoms with Crippen molar-refractivity contribution in [3.05, 3.63) is 0 Å². The van der Waals surface area contributed by atoms with E-state index in [-0.39, 0.29) is 11.7 Å². The predicted molar refractivity (Wildman–Crippen MR) is 62.3 cm³/mol. The van der Waals surface area contributed by atoms with Crippen LogP contribution in [0.4, 0.5) is 4.79 Å². The van der Waals surface area contributed by atoms with E-state index in [1.54, 1.807) is 0 Å². The maximum atomic E-state index is 11.9. The van der Waals surface area contributed by atoms with E-state index >= 15 is 0 Å².